The van der Waals surface area contributed by atoms with Gasteiger partial charge in [-0.25, -0.2) is 0 Å². The SMILES string of the molecule is CCCCCCC(C)(C)c1cc(O)c2c(c1)OC1C(=O)C(C)(C)CCC21. The highest BCUT2D eigenvalue weighted by molar-refractivity contribution is 5.91. The molecule has 0 radical (unpaired) electrons. The third-order valence-corrected chi connectivity index (χ3v) is 6.55. The van der Waals surface area contributed by atoms with E-state index in [-0.39, 0.29) is 22.5 Å². The van der Waals surface area contributed by atoms with Crippen molar-refractivity contribution in [1.29, 1.82) is 0 Å². The maximum Gasteiger partial charge on any atom is 0.179 e. The number of rotatable bonds is 6. The first-order valence-corrected chi connectivity index (χ1v) is 10.3. The van der Waals surface area contributed by atoms with Crippen molar-refractivity contribution in [2.75, 3.05) is 0 Å². The maximum absolute atomic E-state index is 12.8. The van der Waals surface area contributed by atoms with Crippen LogP contribution >= 0.6 is 0 Å². The molecule has 0 bridgehead atoms. The van der Waals surface area contributed by atoms with Gasteiger partial charge in [-0.1, -0.05) is 60.3 Å². The molecule has 2 aliphatic rings. The summed E-state index contributed by atoms with van der Waals surface area (Å²) in [6, 6.07) is 3.99. The van der Waals surface area contributed by atoms with Crippen LogP contribution in [0.1, 0.15) is 96.6 Å². The molecule has 0 saturated heterocycles. The molecule has 0 amide bonds. The van der Waals surface area contributed by atoms with Crippen molar-refractivity contribution in [3.63, 3.8) is 0 Å². The molecule has 1 N–H and O–H groups in total. The lowest BCUT2D eigenvalue weighted by atomic mass is 9.69. The van der Waals surface area contributed by atoms with Crippen molar-refractivity contribution >= 4 is 5.78 Å². The van der Waals surface area contributed by atoms with E-state index in [9.17, 15) is 9.90 Å². The van der Waals surface area contributed by atoms with Crippen molar-refractivity contribution in [1.82, 2.24) is 0 Å². The fraction of sp³-hybridized carbons (Fsp3) is 0.696. The molecular weight excluding hydrogens is 324 g/mol. The summed E-state index contributed by atoms with van der Waals surface area (Å²) in [7, 11) is 0. The van der Waals surface area contributed by atoms with E-state index in [0.717, 1.165) is 36.1 Å². The lowest BCUT2D eigenvalue weighted by Crippen LogP contribution is -2.43. The molecule has 0 aromatic heterocycles. The number of ketones is 1. The average Bonchev–Trinajstić information content (AvgIpc) is 2.95. The molecule has 3 heteroatoms. The number of hydrogen-bond donors (Lipinski definition) is 1. The monoisotopic (exact) mass is 358 g/mol. The van der Waals surface area contributed by atoms with Crippen LogP contribution < -0.4 is 4.74 Å². The molecule has 1 fully saturated rings. The standard InChI is InChI=1S/C23H34O3/c1-6-7-8-9-11-22(2,3)15-13-17(24)19-16-10-12-23(4,5)21(25)20(16)26-18(19)14-15/h13-14,16,20,24H,6-12H2,1-5H3. The van der Waals surface area contributed by atoms with Crippen LogP contribution in [0.15, 0.2) is 12.1 Å². The molecule has 1 aromatic rings. The van der Waals surface area contributed by atoms with Gasteiger partial charge in [-0.2, -0.15) is 0 Å². The molecular formula is C23H34O3. The minimum atomic E-state index is -0.428. The first-order valence-electron chi connectivity index (χ1n) is 10.3. The summed E-state index contributed by atoms with van der Waals surface area (Å²) in [6.45, 7) is 10.7. The molecule has 3 rings (SSSR count). The van der Waals surface area contributed by atoms with Gasteiger partial charge in [0.25, 0.3) is 0 Å². The number of phenols is 1. The quantitative estimate of drug-likeness (QED) is 0.647. The zero-order valence-corrected chi connectivity index (χ0v) is 17.0. The lowest BCUT2D eigenvalue weighted by molar-refractivity contribution is -0.137. The number of hydrogen-bond acceptors (Lipinski definition) is 3. The van der Waals surface area contributed by atoms with E-state index in [2.05, 4.69) is 26.8 Å². The Kier molecular flexibility index (Phi) is 5.11. The van der Waals surface area contributed by atoms with Gasteiger partial charge in [0.2, 0.25) is 0 Å². The molecule has 26 heavy (non-hydrogen) atoms. The predicted molar refractivity (Wildman–Crippen MR) is 105 cm³/mol. The second-order valence-corrected chi connectivity index (χ2v) is 9.53. The number of carbonyl (C=O) groups excluding carboxylic acids is 1. The fourth-order valence-corrected chi connectivity index (χ4v) is 4.54. The van der Waals surface area contributed by atoms with Gasteiger partial charge < -0.3 is 9.84 Å². The highest BCUT2D eigenvalue weighted by atomic mass is 16.5. The van der Waals surface area contributed by atoms with E-state index in [1.54, 1.807) is 0 Å². The average molecular weight is 359 g/mol. The van der Waals surface area contributed by atoms with E-state index in [0.29, 0.717) is 5.75 Å². The first-order chi connectivity index (χ1) is 12.2. The maximum atomic E-state index is 12.8. The molecule has 2 atom stereocenters. The predicted octanol–water partition coefficient (Wildman–Crippen LogP) is 5.87. The van der Waals surface area contributed by atoms with Gasteiger partial charge in [0.15, 0.2) is 11.9 Å². The van der Waals surface area contributed by atoms with E-state index in [1.165, 1.54) is 25.7 Å². The molecule has 1 aliphatic carbocycles. The topological polar surface area (TPSA) is 46.5 Å². The summed E-state index contributed by atoms with van der Waals surface area (Å²) in [5, 5.41) is 10.7. The zero-order valence-electron chi connectivity index (χ0n) is 17.0. The van der Waals surface area contributed by atoms with Crippen LogP contribution in [0.4, 0.5) is 0 Å². The van der Waals surface area contributed by atoms with Crippen LogP contribution in [0.25, 0.3) is 0 Å². The van der Waals surface area contributed by atoms with Crippen molar-refractivity contribution in [2.24, 2.45) is 5.41 Å². The van der Waals surface area contributed by atoms with Crippen molar-refractivity contribution in [2.45, 2.75) is 97.0 Å². The number of ether oxygens (including phenoxy) is 1. The van der Waals surface area contributed by atoms with Crippen LogP contribution in [-0.2, 0) is 10.2 Å². The minimum Gasteiger partial charge on any atom is -0.508 e. The Morgan fingerprint density at radius 3 is 2.65 bits per heavy atom. The van der Waals surface area contributed by atoms with Gasteiger partial charge >= 0.3 is 0 Å². The lowest BCUT2D eigenvalue weighted by Gasteiger charge is -2.34. The highest BCUT2D eigenvalue weighted by Crippen LogP contribution is 2.53. The minimum absolute atomic E-state index is 0.00671. The van der Waals surface area contributed by atoms with Gasteiger partial charge in [-0.05, 0) is 42.4 Å². The van der Waals surface area contributed by atoms with Gasteiger partial charge in [-0.3, -0.25) is 4.79 Å². The third-order valence-electron chi connectivity index (χ3n) is 6.55. The number of Topliss-reactive ketones (excluding diaryl/α,β-unsaturated/α-hetero) is 1. The zero-order chi connectivity index (χ0) is 19.1. The molecule has 2 unspecified atom stereocenters. The summed E-state index contributed by atoms with van der Waals surface area (Å²) < 4.78 is 6.11. The number of unbranched alkanes of at least 4 members (excludes halogenated alkanes) is 3. The summed E-state index contributed by atoms with van der Waals surface area (Å²) >= 11 is 0. The Hall–Kier alpha value is -1.51. The van der Waals surface area contributed by atoms with Gasteiger partial charge in [0, 0.05) is 16.9 Å². The number of fused-ring (bicyclic) bond motifs is 3. The summed E-state index contributed by atoms with van der Waals surface area (Å²) in [6.07, 6.45) is 7.35. The molecule has 3 nitrogen and oxygen atoms in total. The van der Waals surface area contributed by atoms with Crippen LogP contribution in [0, 0.1) is 5.41 Å². The molecule has 144 valence electrons. The molecule has 0 spiro atoms. The largest absolute Gasteiger partial charge is 0.508 e. The number of aromatic hydroxyl groups is 1. The number of benzene rings is 1. The normalized spacial score (nSPS) is 24.1. The Balaban J connectivity index is 1.84. The van der Waals surface area contributed by atoms with Gasteiger partial charge in [0.05, 0.1) is 0 Å². The Morgan fingerprint density at radius 2 is 1.96 bits per heavy atom. The Morgan fingerprint density at radius 1 is 1.23 bits per heavy atom. The van der Waals surface area contributed by atoms with E-state index in [4.69, 9.17) is 4.74 Å². The highest BCUT2D eigenvalue weighted by Gasteiger charge is 2.50. The second kappa shape index (κ2) is 6.90. The van der Waals surface area contributed by atoms with Crippen LogP contribution in [0.3, 0.4) is 0 Å². The van der Waals surface area contributed by atoms with Crippen molar-refractivity contribution in [3.8, 4) is 11.5 Å². The number of carbonyl (C=O) groups is 1. The fourth-order valence-electron chi connectivity index (χ4n) is 4.54. The molecule has 1 aliphatic heterocycles. The summed E-state index contributed by atoms with van der Waals surface area (Å²) in [5.41, 5.74) is 1.61. The second-order valence-electron chi connectivity index (χ2n) is 9.53. The van der Waals surface area contributed by atoms with Crippen molar-refractivity contribution in [3.05, 3.63) is 23.3 Å². The summed E-state index contributed by atoms with van der Waals surface area (Å²) in [4.78, 5) is 12.8. The Labute approximate surface area is 158 Å². The third kappa shape index (κ3) is 3.37. The van der Waals surface area contributed by atoms with E-state index >= 15 is 0 Å². The van der Waals surface area contributed by atoms with Gasteiger partial charge in [0.1, 0.15) is 11.5 Å². The molecule has 1 saturated carbocycles. The number of phenolic OH excluding ortho intramolecular Hbond substituents is 1. The molecule has 1 aromatic carbocycles. The Bertz CT molecular complexity index is 687. The molecule has 1 heterocycles. The van der Waals surface area contributed by atoms with Gasteiger partial charge in [-0.15, -0.1) is 0 Å². The van der Waals surface area contributed by atoms with E-state index in [1.807, 2.05) is 19.9 Å². The van der Waals surface area contributed by atoms with Crippen LogP contribution in [-0.4, -0.2) is 17.0 Å². The summed E-state index contributed by atoms with van der Waals surface area (Å²) in [5.74, 6) is 1.21. The smallest absolute Gasteiger partial charge is 0.179 e. The van der Waals surface area contributed by atoms with Crippen LogP contribution in [0.2, 0.25) is 0 Å². The van der Waals surface area contributed by atoms with E-state index < -0.39 is 6.10 Å². The van der Waals surface area contributed by atoms with Crippen molar-refractivity contribution < 1.29 is 14.6 Å². The first kappa shape index (κ1) is 19.3. The van der Waals surface area contributed by atoms with Crippen LogP contribution in [0.5, 0.6) is 11.5 Å².